The fraction of sp³-hybridized carbons (Fsp3) is 0.222. The first-order chi connectivity index (χ1) is 11.5. The Morgan fingerprint density at radius 2 is 1.50 bits per heavy atom. The Morgan fingerprint density at radius 3 is 2.04 bits per heavy atom. The van der Waals surface area contributed by atoms with Crippen molar-refractivity contribution in [3.63, 3.8) is 0 Å². The van der Waals surface area contributed by atoms with E-state index in [1.807, 2.05) is 0 Å². The highest BCUT2D eigenvalue weighted by Crippen LogP contribution is 2.33. The van der Waals surface area contributed by atoms with Crippen LogP contribution in [0, 0.1) is 11.6 Å². The summed E-state index contributed by atoms with van der Waals surface area (Å²) < 4.78 is 26.2. The summed E-state index contributed by atoms with van der Waals surface area (Å²) in [6, 6.07) is 10.6. The molecule has 6 heteroatoms. The highest BCUT2D eigenvalue weighted by Gasteiger charge is 2.51. The molecule has 0 radical (unpaired) electrons. The van der Waals surface area contributed by atoms with Crippen molar-refractivity contribution in [3.05, 3.63) is 71.3 Å². The number of imide groups is 1. The summed E-state index contributed by atoms with van der Waals surface area (Å²) in [5.74, 6) is -1.19. The van der Waals surface area contributed by atoms with Gasteiger partial charge in [-0.25, -0.2) is 13.6 Å². The van der Waals surface area contributed by atoms with Crippen LogP contribution in [0.2, 0.25) is 0 Å². The molecule has 1 atom stereocenters. The van der Waals surface area contributed by atoms with Crippen LogP contribution in [0.15, 0.2) is 48.5 Å². The van der Waals surface area contributed by atoms with Gasteiger partial charge in [0.15, 0.2) is 0 Å². The molecule has 2 aromatic carbocycles. The van der Waals surface area contributed by atoms with Crippen LogP contribution in [0.25, 0.3) is 0 Å². The monoisotopic (exact) mass is 330 g/mol. The van der Waals surface area contributed by atoms with Crippen LogP contribution < -0.4 is 5.32 Å². The maximum atomic E-state index is 13.2. The number of nitrogens with zero attached hydrogens (tertiary/aromatic N) is 1. The topological polar surface area (TPSA) is 49.4 Å². The van der Waals surface area contributed by atoms with Crippen molar-refractivity contribution in [2.24, 2.45) is 0 Å². The number of hydrogen-bond acceptors (Lipinski definition) is 2. The Bertz CT molecular complexity index is 775. The van der Waals surface area contributed by atoms with Crippen molar-refractivity contribution in [2.45, 2.75) is 25.4 Å². The molecule has 1 heterocycles. The van der Waals surface area contributed by atoms with Gasteiger partial charge in [0.2, 0.25) is 0 Å². The van der Waals surface area contributed by atoms with E-state index in [1.54, 1.807) is 6.92 Å². The summed E-state index contributed by atoms with van der Waals surface area (Å²) in [7, 11) is 0. The smallest absolute Gasteiger partial charge is 0.319 e. The molecule has 0 spiro atoms. The van der Waals surface area contributed by atoms with Crippen LogP contribution in [0.3, 0.4) is 0 Å². The lowest BCUT2D eigenvalue weighted by Crippen LogP contribution is -2.43. The van der Waals surface area contributed by atoms with Crippen LogP contribution in [-0.2, 0) is 16.9 Å². The van der Waals surface area contributed by atoms with E-state index in [9.17, 15) is 18.4 Å². The SMILES string of the molecule is CCC1(c2ccc(F)cc2)NC(=O)N(Cc2ccc(F)cc2)C1=O. The highest BCUT2D eigenvalue weighted by molar-refractivity contribution is 6.07. The zero-order chi connectivity index (χ0) is 17.3. The van der Waals surface area contributed by atoms with E-state index in [0.29, 0.717) is 17.5 Å². The molecular formula is C18H16F2N2O2. The summed E-state index contributed by atoms with van der Waals surface area (Å²) in [5.41, 5.74) is -0.0255. The van der Waals surface area contributed by atoms with Crippen molar-refractivity contribution in [1.82, 2.24) is 10.2 Å². The quantitative estimate of drug-likeness (QED) is 0.874. The fourth-order valence-corrected chi connectivity index (χ4v) is 2.92. The number of benzene rings is 2. The fourth-order valence-electron chi connectivity index (χ4n) is 2.92. The molecular weight excluding hydrogens is 314 g/mol. The molecule has 1 unspecified atom stereocenters. The van der Waals surface area contributed by atoms with Crippen LogP contribution in [0.1, 0.15) is 24.5 Å². The van der Waals surface area contributed by atoms with Crippen molar-refractivity contribution in [3.8, 4) is 0 Å². The van der Waals surface area contributed by atoms with Gasteiger partial charge in [-0.1, -0.05) is 31.2 Å². The van der Waals surface area contributed by atoms with Crippen LogP contribution in [0.4, 0.5) is 13.6 Å². The zero-order valence-corrected chi connectivity index (χ0v) is 13.1. The number of carbonyl (C=O) groups is 2. The summed E-state index contributed by atoms with van der Waals surface area (Å²) in [4.78, 5) is 26.3. The van der Waals surface area contributed by atoms with Gasteiger partial charge < -0.3 is 5.32 Å². The molecule has 1 saturated heterocycles. The summed E-state index contributed by atoms with van der Waals surface area (Å²) in [5, 5.41) is 2.73. The number of rotatable bonds is 4. The number of hydrogen-bond donors (Lipinski definition) is 1. The third-order valence-corrected chi connectivity index (χ3v) is 4.30. The number of nitrogens with one attached hydrogen (secondary N) is 1. The van der Waals surface area contributed by atoms with Gasteiger partial charge in [-0.05, 0) is 41.8 Å². The molecule has 1 fully saturated rings. The molecule has 1 N–H and O–H groups in total. The van der Waals surface area contributed by atoms with Gasteiger partial charge in [-0.15, -0.1) is 0 Å². The van der Waals surface area contributed by atoms with Gasteiger partial charge in [-0.3, -0.25) is 9.69 Å². The first kappa shape index (κ1) is 16.1. The zero-order valence-electron chi connectivity index (χ0n) is 13.1. The molecule has 2 aromatic rings. The van der Waals surface area contributed by atoms with E-state index in [1.165, 1.54) is 48.5 Å². The number of amides is 3. The van der Waals surface area contributed by atoms with E-state index in [-0.39, 0.29) is 12.4 Å². The minimum absolute atomic E-state index is 0.0495. The third-order valence-electron chi connectivity index (χ3n) is 4.30. The predicted octanol–water partition coefficient (Wildman–Crippen LogP) is 3.32. The van der Waals surface area contributed by atoms with E-state index >= 15 is 0 Å². The molecule has 3 rings (SSSR count). The average molecular weight is 330 g/mol. The molecule has 1 aliphatic rings. The van der Waals surface area contributed by atoms with Gasteiger partial charge in [0.1, 0.15) is 17.2 Å². The minimum Gasteiger partial charge on any atom is -0.319 e. The minimum atomic E-state index is -1.20. The molecule has 3 amide bonds. The van der Waals surface area contributed by atoms with Crippen LogP contribution >= 0.6 is 0 Å². The van der Waals surface area contributed by atoms with Crippen molar-refractivity contribution in [2.75, 3.05) is 0 Å². The predicted molar refractivity (Wildman–Crippen MR) is 83.9 cm³/mol. The lowest BCUT2D eigenvalue weighted by Gasteiger charge is -2.25. The molecule has 24 heavy (non-hydrogen) atoms. The Hall–Kier alpha value is -2.76. The summed E-state index contributed by atoms with van der Waals surface area (Å²) in [6.07, 6.45) is 0.336. The van der Waals surface area contributed by atoms with E-state index < -0.39 is 23.3 Å². The van der Waals surface area contributed by atoms with Crippen LogP contribution in [0.5, 0.6) is 0 Å². The molecule has 0 aromatic heterocycles. The van der Waals surface area contributed by atoms with Gasteiger partial charge in [0.05, 0.1) is 6.54 Å². The molecule has 0 aliphatic carbocycles. The molecule has 124 valence electrons. The molecule has 0 bridgehead atoms. The van der Waals surface area contributed by atoms with Crippen molar-refractivity contribution in [1.29, 1.82) is 0 Å². The van der Waals surface area contributed by atoms with Gasteiger partial charge in [0.25, 0.3) is 5.91 Å². The first-order valence-corrected chi connectivity index (χ1v) is 7.61. The summed E-state index contributed by atoms with van der Waals surface area (Å²) in [6.45, 7) is 1.83. The normalized spacial score (nSPS) is 20.4. The lowest BCUT2D eigenvalue weighted by molar-refractivity contribution is -0.132. The van der Waals surface area contributed by atoms with E-state index in [0.717, 1.165) is 4.90 Å². The number of halogens is 2. The Kier molecular flexibility index (Phi) is 4.05. The largest absolute Gasteiger partial charge is 0.325 e. The average Bonchev–Trinajstić information content (AvgIpc) is 2.82. The van der Waals surface area contributed by atoms with Gasteiger partial charge in [-0.2, -0.15) is 0 Å². The maximum Gasteiger partial charge on any atom is 0.325 e. The van der Waals surface area contributed by atoms with Crippen molar-refractivity contribution < 1.29 is 18.4 Å². The second-order valence-electron chi connectivity index (χ2n) is 5.71. The van der Waals surface area contributed by atoms with Gasteiger partial charge in [0, 0.05) is 0 Å². The third kappa shape index (κ3) is 2.64. The maximum absolute atomic E-state index is 13.2. The van der Waals surface area contributed by atoms with Crippen LogP contribution in [-0.4, -0.2) is 16.8 Å². The van der Waals surface area contributed by atoms with Crippen molar-refractivity contribution >= 4 is 11.9 Å². The number of urea groups is 1. The number of carbonyl (C=O) groups excluding carboxylic acids is 2. The second kappa shape index (κ2) is 6.03. The molecule has 4 nitrogen and oxygen atoms in total. The lowest BCUT2D eigenvalue weighted by atomic mass is 9.87. The van der Waals surface area contributed by atoms with E-state index in [2.05, 4.69) is 5.32 Å². The summed E-state index contributed by atoms with van der Waals surface area (Å²) >= 11 is 0. The Labute approximate surface area is 138 Å². The Morgan fingerprint density at radius 1 is 0.958 bits per heavy atom. The van der Waals surface area contributed by atoms with E-state index in [4.69, 9.17) is 0 Å². The second-order valence-corrected chi connectivity index (χ2v) is 5.71. The highest BCUT2D eigenvalue weighted by atomic mass is 19.1. The standard InChI is InChI=1S/C18H16F2N2O2/c1-2-18(13-5-9-15(20)10-6-13)16(23)22(17(24)21-18)11-12-3-7-14(19)8-4-12/h3-10H,2,11H2,1H3,(H,21,24). The molecule has 0 saturated carbocycles. The first-order valence-electron chi connectivity index (χ1n) is 7.61. The Balaban J connectivity index is 1.91. The van der Waals surface area contributed by atoms with Gasteiger partial charge >= 0.3 is 6.03 Å². The molecule has 1 aliphatic heterocycles.